The first-order chi connectivity index (χ1) is 16.9. The lowest BCUT2D eigenvalue weighted by molar-refractivity contribution is -0.140. The van der Waals surface area contributed by atoms with Crippen LogP contribution in [0.1, 0.15) is 28.3 Å². The molecule has 180 valence electrons. The second-order valence-electron chi connectivity index (χ2n) is 8.38. The van der Waals surface area contributed by atoms with Crippen molar-refractivity contribution in [3.05, 3.63) is 101 Å². The van der Waals surface area contributed by atoms with Gasteiger partial charge < -0.3 is 24.6 Å². The molecule has 1 heterocycles. The number of rotatable bonds is 8. The Balaban J connectivity index is 1.64. The van der Waals surface area contributed by atoms with Gasteiger partial charge in [-0.15, -0.1) is 0 Å². The molecule has 3 aromatic carbocycles. The highest BCUT2D eigenvalue weighted by atomic mass is 16.5. The van der Waals surface area contributed by atoms with E-state index in [0.717, 1.165) is 11.1 Å². The highest BCUT2D eigenvalue weighted by Crippen LogP contribution is 2.40. The van der Waals surface area contributed by atoms with Gasteiger partial charge in [-0.25, -0.2) is 0 Å². The molecular formula is C28H27NO6. The number of hydrogen-bond donors (Lipinski definition) is 2. The summed E-state index contributed by atoms with van der Waals surface area (Å²) in [6.07, 6.45) is 0. The number of likely N-dealkylation sites (tertiary alicyclic amines) is 1. The summed E-state index contributed by atoms with van der Waals surface area (Å²) in [7, 11) is 1.50. The molecule has 7 heteroatoms. The molecule has 1 aliphatic rings. The number of aryl methyl sites for hydroxylation is 1. The maximum absolute atomic E-state index is 13.0. The van der Waals surface area contributed by atoms with Crippen LogP contribution >= 0.6 is 0 Å². The van der Waals surface area contributed by atoms with Gasteiger partial charge in [-0.3, -0.25) is 9.59 Å². The van der Waals surface area contributed by atoms with E-state index in [0.29, 0.717) is 23.5 Å². The summed E-state index contributed by atoms with van der Waals surface area (Å²) in [6, 6.07) is 20.2. The van der Waals surface area contributed by atoms with Crippen molar-refractivity contribution in [2.24, 2.45) is 0 Å². The van der Waals surface area contributed by atoms with Crippen molar-refractivity contribution in [3.8, 4) is 11.5 Å². The number of methoxy groups -OCH3 is 1. The van der Waals surface area contributed by atoms with E-state index in [9.17, 15) is 19.8 Å². The van der Waals surface area contributed by atoms with Crippen molar-refractivity contribution in [3.63, 3.8) is 0 Å². The molecule has 1 amide bonds. The molecule has 1 atom stereocenters. The van der Waals surface area contributed by atoms with Crippen molar-refractivity contribution < 1.29 is 29.3 Å². The number of aliphatic hydroxyl groups is 1. The molecule has 0 spiro atoms. The molecule has 3 aromatic rings. The van der Waals surface area contributed by atoms with Gasteiger partial charge in [0.1, 0.15) is 23.9 Å². The molecule has 0 aliphatic carbocycles. The SMILES string of the molecule is COCCN1C(=O)C(=O)C(=C(O)c2ccc(OCc3cccc(C)c3)cc2)[C@@H]1c1cccc(O)c1. The molecule has 2 N–H and O–H groups in total. The predicted octanol–water partition coefficient (Wildman–Crippen LogP) is 4.35. The van der Waals surface area contributed by atoms with E-state index >= 15 is 0 Å². The summed E-state index contributed by atoms with van der Waals surface area (Å²) in [5.74, 6) is -1.20. The number of carbonyl (C=O) groups excluding carboxylic acids is 2. The van der Waals surface area contributed by atoms with Crippen LogP contribution in [0.2, 0.25) is 0 Å². The molecule has 0 bridgehead atoms. The molecule has 35 heavy (non-hydrogen) atoms. The fourth-order valence-electron chi connectivity index (χ4n) is 4.17. The van der Waals surface area contributed by atoms with E-state index in [4.69, 9.17) is 9.47 Å². The molecule has 0 unspecified atom stereocenters. The third kappa shape index (κ3) is 5.20. The zero-order valence-electron chi connectivity index (χ0n) is 19.6. The number of carbonyl (C=O) groups is 2. The fraction of sp³-hybridized carbons (Fsp3) is 0.214. The van der Waals surface area contributed by atoms with E-state index in [-0.39, 0.29) is 30.2 Å². The minimum absolute atomic E-state index is 0.00468. The minimum atomic E-state index is -0.852. The normalized spacial score (nSPS) is 17.1. The van der Waals surface area contributed by atoms with E-state index in [1.807, 2.05) is 31.2 Å². The number of phenolic OH excluding ortho intramolecular Hbond substituents is 1. The molecule has 0 saturated carbocycles. The first-order valence-electron chi connectivity index (χ1n) is 11.2. The average molecular weight is 474 g/mol. The number of Topliss-reactive ketones (excluding diaryl/α,β-unsaturated/α-hetero) is 1. The van der Waals surface area contributed by atoms with Gasteiger partial charge in [0.05, 0.1) is 18.2 Å². The van der Waals surface area contributed by atoms with Crippen molar-refractivity contribution in [1.82, 2.24) is 4.90 Å². The quantitative estimate of drug-likeness (QED) is 0.287. The Labute approximate surface area is 203 Å². The Morgan fingerprint density at radius 2 is 1.74 bits per heavy atom. The molecule has 4 rings (SSSR count). The van der Waals surface area contributed by atoms with Crippen LogP contribution in [0.3, 0.4) is 0 Å². The van der Waals surface area contributed by atoms with E-state index in [1.54, 1.807) is 36.4 Å². The number of ketones is 1. The van der Waals surface area contributed by atoms with Crippen LogP contribution in [0.15, 0.2) is 78.4 Å². The largest absolute Gasteiger partial charge is 0.508 e. The summed E-state index contributed by atoms with van der Waals surface area (Å²) in [6.45, 7) is 2.79. The Kier molecular flexibility index (Phi) is 7.17. The van der Waals surface area contributed by atoms with E-state index in [2.05, 4.69) is 0 Å². The summed E-state index contributed by atoms with van der Waals surface area (Å²) >= 11 is 0. The third-order valence-corrected chi connectivity index (χ3v) is 5.88. The smallest absolute Gasteiger partial charge is 0.295 e. The van der Waals surface area contributed by atoms with Gasteiger partial charge in [0.15, 0.2) is 0 Å². The number of benzene rings is 3. The van der Waals surface area contributed by atoms with Crippen molar-refractivity contribution in [2.75, 3.05) is 20.3 Å². The van der Waals surface area contributed by atoms with Gasteiger partial charge in [-0.05, 0) is 54.4 Å². The van der Waals surface area contributed by atoms with Gasteiger partial charge in [0, 0.05) is 19.2 Å². The van der Waals surface area contributed by atoms with Crippen LogP contribution in [0.4, 0.5) is 0 Å². The average Bonchev–Trinajstić information content (AvgIpc) is 3.11. The Hall–Kier alpha value is -4.10. The number of hydrogen-bond acceptors (Lipinski definition) is 6. The Bertz CT molecular complexity index is 1260. The highest BCUT2D eigenvalue weighted by molar-refractivity contribution is 6.46. The van der Waals surface area contributed by atoms with Gasteiger partial charge in [-0.1, -0.05) is 42.0 Å². The van der Waals surface area contributed by atoms with Crippen LogP contribution in [0.5, 0.6) is 11.5 Å². The zero-order valence-corrected chi connectivity index (χ0v) is 19.6. The van der Waals surface area contributed by atoms with Crippen molar-refractivity contribution in [2.45, 2.75) is 19.6 Å². The number of phenols is 1. The summed E-state index contributed by atoms with van der Waals surface area (Å²) in [5, 5.41) is 21.1. The van der Waals surface area contributed by atoms with Gasteiger partial charge in [-0.2, -0.15) is 0 Å². The van der Waals surface area contributed by atoms with E-state index < -0.39 is 17.7 Å². The zero-order chi connectivity index (χ0) is 24.9. The van der Waals surface area contributed by atoms with Gasteiger partial charge in [0.2, 0.25) is 0 Å². The molecular weight excluding hydrogens is 446 g/mol. The second kappa shape index (κ2) is 10.4. The lowest BCUT2D eigenvalue weighted by atomic mass is 9.95. The molecule has 0 aromatic heterocycles. The third-order valence-electron chi connectivity index (χ3n) is 5.88. The van der Waals surface area contributed by atoms with Crippen molar-refractivity contribution >= 4 is 17.4 Å². The summed E-state index contributed by atoms with van der Waals surface area (Å²) in [4.78, 5) is 27.1. The first-order valence-corrected chi connectivity index (χ1v) is 11.2. The maximum Gasteiger partial charge on any atom is 0.295 e. The van der Waals surface area contributed by atoms with E-state index in [1.165, 1.54) is 24.1 Å². The first kappa shape index (κ1) is 24.0. The maximum atomic E-state index is 13.0. The van der Waals surface area contributed by atoms with Crippen LogP contribution in [0, 0.1) is 6.92 Å². The Morgan fingerprint density at radius 3 is 2.43 bits per heavy atom. The van der Waals surface area contributed by atoms with Gasteiger partial charge in [0.25, 0.3) is 11.7 Å². The monoisotopic (exact) mass is 473 g/mol. The molecule has 0 radical (unpaired) electrons. The minimum Gasteiger partial charge on any atom is -0.508 e. The second-order valence-corrected chi connectivity index (χ2v) is 8.38. The topological polar surface area (TPSA) is 96.3 Å². The number of aromatic hydroxyl groups is 1. The lowest BCUT2D eigenvalue weighted by Gasteiger charge is -2.25. The number of amides is 1. The number of nitrogens with zero attached hydrogens (tertiary/aromatic N) is 1. The highest BCUT2D eigenvalue weighted by Gasteiger charge is 2.45. The predicted molar refractivity (Wildman–Crippen MR) is 131 cm³/mol. The number of aliphatic hydroxyl groups excluding tert-OH is 1. The molecule has 1 fully saturated rings. The van der Waals surface area contributed by atoms with Crippen LogP contribution in [-0.2, 0) is 20.9 Å². The number of ether oxygens (including phenoxy) is 2. The van der Waals surface area contributed by atoms with Crippen molar-refractivity contribution in [1.29, 1.82) is 0 Å². The molecule has 1 saturated heterocycles. The summed E-state index contributed by atoms with van der Waals surface area (Å²) in [5.41, 5.74) is 3.04. The molecule has 7 nitrogen and oxygen atoms in total. The Morgan fingerprint density at radius 1 is 1.00 bits per heavy atom. The summed E-state index contributed by atoms with van der Waals surface area (Å²) < 4.78 is 10.9. The lowest BCUT2D eigenvalue weighted by Crippen LogP contribution is -2.32. The van der Waals surface area contributed by atoms with Crippen LogP contribution in [0.25, 0.3) is 5.76 Å². The van der Waals surface area contributed by atoms with Crippen LogP contribution < -0.4 is 4.74 Å². The standard InChI is InChI=1S/C28H27NO6/c1-18-5-3-6-19(15-18)17-35-23-11-9-20(10-12-23)26(31)24-25(21-7-4-8-22(30)16-21)29(13-14-34-2)28(33)27(24)32/h3-12,15-16,25,30-31H,13-14,17H2,1-2H3/t25-/m0/s1. The van der Waals surface area contributed by atoms with Gasteiger partial charge >= 0.3 is 0 Å². The fourth-order valence-corrected chi connectivity index (χ4v) is 4.17. The van der Waals surface area contributed by atoms with Crippen LogP contribution in [-0.4, -0.2) is 47.1 Å². The molecule has 1 aliphatic heterocycles.